The molecule has 5 heteroatoms. The molecule has 0 atom stereocenters. The van der Waals surface area contributed by atoms with Crippen LogP contribution in [0.2, 0.25) is 0 Å². The molecule has 0 saturated carbocycles. The molecule has 5 nitrogen and oxygen atoms in total. The Morgan fingerprint density at radius 1 is 0.927 bits per heavy atom. The molecule has 4 aromatic rings. The van der Waals surface area contributed by atoms with E-state index in [9.17, 15) is 0 Å². The zero-order chi connectivity index (χ0) is 28.3. The fourth-order valence-electron chi connectivity index (χ4n) is 6.36. The Balaban J connectivity index is 1.48. The van der Waals surface area contributed by atoms with Crippen molar-refractivity contribution >= 4 is 16.5 Å². The van der Waals surface area contributed by atoms with Crippen LogP contribution in [0.5, 0.6) is 17.2 Å². The number of aryl methyl sites for hydroxylation is 2. The summed E-state index contributed by atoms with van der Waals surface area (Å²) in [6.45, 7) is 8.92. The summed E-state index contributed by atoms with van der Waals surface area (Å²) >= 11 is 0. The maximum absolute atomic E-state index is 5.89. The van der Waals surface area contributed by atoms with Gasteiger partial charge in [-0.15, -0.1) is 0 Å². The van der Waals surface area contributed by atoms with Crippen LogP contribution in [0.4, 0.5) is 5.69 Å². The molecule has 0 aliphatic carbocycles. The van der Waals surface area contributed by atoms with Gasteiger partial charge >= 0.3 is 0 Å². The van der Waals surface area contributed by atoms with Crippen molar-refractivity contribution in [1.29, 1.82) is 0 Å². The smallest absolute Gasteiger partial charge is 0.231 e. The number of benzene rings is 3. The minimum Gasteiger partial charge on any atom is -0.495 e. The first-order valence-electron chi connectivity index (χ1n) is 15.4. The Labute approximate surface area is 244 Å². The number of rotatable bonds is 11. The summed E-state index contributed by atoms with van der Waals surface area (Å²) in [4.78, 5) is 0. The predicted octanol–water partition coefficient (Wildman–Crippen LogP) is 8.18. The number of nitrogens with zero attached hydrogens (tertiary/aromatic N) is 1. The molecule has 6 rings (SSSR count). The Morgan fingerprint density at radius 2 is 1.71 bits per heavy atom. The molecule has 41 heavy (non-hydrogen) atoms. The lowest BCUT2D eigenvalue weighted by Gasteiger charge is -2.22. The molecular formula is C36H43N2O3+. The topological polar surface area (TPSA) is 43.6 Å². The average molecular weight is 552 g/mol. The molecular weight excluding hydrogens is 508 g/mol. The lowest BCUT2D eigenvalue weighted by Crippen LogP contribution is -2.41. The highest BCUT2D eigenvalue weighted by atomic mass is 16.7. The number of methoxy groups -OCH3 is 1. The van der Waals surface area contributed by atoms with Crippen LogP contribution in [-0.2, 0) is 19.4 Å². The Hall–Kier alpha value is -3.73. The van der Waals surface area contributed by atoms with E-state index in [1.165, 1.54) is 70.0 Å². The van der Waals surface area contributed by atoms with Crippen LogP contribution in [0.15, 0.2) is 54.7 Å². The Morgan fingerprint density at radius 3 is 2.46 bits per heavy atom. The van der Waals surface area contributed by atoms with Crippen molar-refractivity contribution in [2.75, 3.05) is 25.8 Å². The normalized spacial score (nSPS) is 13.4. The summed E-state index contributed by atoms with van der Waals surface area (Å²) in [5, 5.41) is 6.27. The third kappa shape index (κ3) is 5.47. The van der Waals surface area contributed by atoms with Gasteiger partial charge in [-0.3, -0.25) is 0 Å². The molecule has 0 saturated heterocycles. The van der Waals surface area contributed by atoms with Gasteiger partial charge in [0, 0.05) is 30.3 Å². The predicted molar refractivity (Wildman–Crippen MR) is 167 cm³/mol. The first kappa shape index (κ1) is 27.4. The third-order valence-electron chi connectivity index (χ3n) is 8.70. The van der Waals surface area contributed by atoms with E-state index in [4.69, 9.17) is 14.2 Å². The fourth-order valence-corrected chi connectivity index (χ4v) is 6.36. The van der Waals surface area contributed by atoms with E-state index >= 15 is 0 Å². The molecule has 3 aromatic carbocycles. The SMILES string of the molecule is CCCCCCCNc1c(OC)ccc2c(Cc3ccc(C(C)C)cc3)c3[n+](cc12)CCc1cc2c(cc1-3)OCO2. The van der Waals surface area contributed by atoms with E-state index in [1.54, 1.807) is 7.11 Å². The van der Waals surface area contributed by atoms with Gasteiger partial charge in [-0.05, 0) is 53.3 Å². The number of unbranched alkanes of at least 4 members (excludes halogenated alkanes) is 4. The highest BCUT2D eigenvalue weighted by Crippen LogP contribution is 2.43. The number of fused-ring (bicyclic) bond motifs is 5. The number of hydrogen-bond acceptors (Lipinski definition) is 4. The van der Waals surface area contributed by atoms with E-state index in [0.717, 1.165) is 55.3 Å². The van der Waals surface area contributed by atoms with Crippen LogP contribution in [0.1, 0.15) is 81.0 Å². The van der Waals surface area contributed by atoms with Crippen molar-refractivity contribution in [2.24, 2.45) is 0 Å². The monoisotopic (exact) mass is 551 g/mol. The highest BCUT2D eigenvalue weighted by molar-refractivity contribution is 6.00. The van der Waals surface area contributed by atoms with Crippen LogP contribution < -0.4 is 24.1 Å². The second kappa shape index (κ2) is 12.0. The van der Waals surface area contributed by atoms with Gasteiger partial charge < -0.3 is 19.5 Å². The molecule has 1 aromatic heterocycles. The second-order valence-corrected chi connectivity index (χ2v) is 11.8. The van der Waals surface area contributed by atoms with E-state index in [-0.39, 0.29) is 6.79 Å². The van der Waals surface area contributed by atoms with E-state index in [0.29, 0.717) is 5.92 Å². The van der Waals surface area contributed by atoms with Gasteiger partial charge in [0.05, 0.1) is 23.7 Å². The lowest BCUT2D eigenvalue weighted by molar-refractivity contribution is -0.686. The molecule has 0 unspecified atom stereocenters. The number of hydrogen-bond donors (Lipinski definition) is 1. The molecule has 214 valence electrons. The van der Waals surface area contributed by atoms with Crippen molar-refractivity contribution in [2.45, 2.75) is 78.2 Å². The van der Waals surface area contributed by atoms with Gasteiger partial charge in [0.1, 0.15) is 5.75 Å². The zero-order valence-electron chi connectivity index (χ0n) is 25.0. The van der Waals surface area contributed by atoms with E-state index < -0.39 is 0 Å². The molecule has 0 bridgehead atoms. The Kier molecular flexibility index (Phi) is 8.04. The lowest BCUT2D eigenvalue weighted by atomic mass is 9.88. The summed E-state index contributed by atoms with van der Waals surface area (Å²) in [5.74, 6) is 3.12. The van der Waals surface area contributed by atoms with Gasteiger partial charge in [0.15, 0.2) is 24.2 Å². The van der Waals surface area contributed by atoms with Crippen molar-refractivity contribution in [3.05, 3.63) is 77.0 Å². The van der Waals surface area contributed by atoms with E-state index in [2.05, 4.69) is 85.4 Å². The summed E-state index contributed by atoms with van der Waals surface area (Å²) in [6, 6.07) is 17.9. The van der Waals surface area contributed by atoms with Crippen LogP contribution in [0.25, 0.3) is 22.0 Å². The number of aromatic nitrogens is 1. The van der Waals surface area contributed by atoms with Crippen molar-refractivity contribution in [3.8, 4) is 28.5 Å². The second-order valence-electron chi connectivity index (χ2n) is 11.8. The summed E-state index contributed by atoms with van der Waals surface area (Å²) in [7, 11) is 1.77. The number of ether oxygens (including phenoxy) is 3. The summed E-state index contributed by atoms with van der Waals surface area (Å²) < 4.78 is 19.9. The van der Waals surface area contributed by atoms with Crippen molar-refractivity contribution < 1.29 is 18.8 Å². The first-order valence-corrected chi connectivity index (χ1v) is 15.4. The molecule has 0 radical (unpaired) electrons. The summed E-state index contributed by atoms with van der Waals surface area (Å²) in [5.41, 5.74) is 8.98. The van der Waals surface area contributed by atoms with Gasteiger partial charge in [0.2, 0.25) is 12.5 Å². The minimum absolute atomic E-state index is 0.290. The standard InChI is InChI=1S/C36H42N2O3/c1-5-6-7-8-9-17-37-35-31-22-38-18-16-27-20-33-34(41-23-40-33)21-29(27)36(38)30(28(31)14-15-32(35)39-4)19-25-10-12-26(13-11-25)24(2)3/h10-15,20-22,24H,5-9,16-19,23H2,1-4H3/p+1. The molecule has 3 heterocycles. The van der Waals surface area contributed by atoms with Crippen LogP contribution >= 0.6 is 0 Å². The highest BCUT2D eigenvalue weighted by Gasteiger charge is 2.32. The van der Waals surface area contributed by atoms with Gasteiger partial charge in [0.25, 0.3) is 0 Å². The van der Waals surface area contributed by atoms with Crippen LogP contribution in [0, 0.1) is 0 Å². The van der Waals surface area contributed by atoms with Crippen LogP contribution in [0.3, 0.4) is 0 Å². The van der Waals surface area contributed by atoms with E-state index in [1.807, 2.05) is 0 Å². The van der Waals surface area contributed by atoms with Crippen LogP contribution in [-0.4, -0.2) is 20.4 Å². The molecule has 0 amide bonds. The van der Waals surface area contributed by atoms with Gasteiger partial charge in [-0.1, -0.05) is 70.7 Å². The maximum Gasteiger partial charge on any atom is 0.231 e. The molecule has 1 N–H and O–H groups in total. The number of pyridine rings is 1. The minimum atomic E-state index is 0.290. The molecule has 2 aliphatic rings. The Bertz CT molecular complexity index is 1540. The third-order valence-corrected chi connectivity index (χ3v) is 8.70. The first-order chi connectivity index (χ1) is 20.1. The zero-order valence-corrected chi connectivity index (χ0v) is 25.0. The number of nitrogens with one attached hydrogen (secondary N) is 1. The number of anilines is 1. The van der Waals surface area contributed by atoms with Crippen molar-refractivity contribution in [1.82, 2.24) is 0 Å². The fraction of sp³-hybridized carbons (Fsp3) is 0.417. The van der Waals surface area contributed by atoms with Crippen molar-refractivity contribution in [3.63, 3.8) is 0 Å². The summed E-state index contributed by atoms with van der Waals surface area (Å²) in [6.07, 6.45) is 10.4. The quantitative estimate of drug-likeness (QED) is 0.151. The molecule has 0 fully saturated rings. The largest absolute Gasteiger partial charge is 0.495 e. The molecule has 0 spiro atoms. The van der Waals surface area contributed by atoms with Gasteiger partial charge in [-0.25, -0.2) is 0 Å². The average Bonchev–Trinajstić information content (AvgIpc) is 3.45. The van der Waals surface area contributed by atoms with Gasteiger partial charge in [-0.2, -0.15) is 4.57 Å². The maximum atomic E-state index is 5.89. The molecule has 2 aliphatic heterocycles.